The first-order valence-corrected chi connectivity index (χ1v) is 14.7. The van der Waals surface area contributed by atoms with Gasteiger partial charge in [-0.1, -0.05) is 55.0 Å². The number of nitrogens with one attached hydrogen (secondary N) is 1. The Morgan fingerprint density at radius 2 is 1.52 bits per heavy atom. The third kappa shape index (κ3) is 7.69. The van der Waals surface area contributed by atoms with E-state index in [9.17, 15) is 22.4 Å². The summed E-state index contributed by atoms with van der Waals surface area (Å²) in [6.07, 6.45) is 0.296. The molecule has 0 aliphatic heterocycles. The summed E-state index contributed by atoms with van der Waals surface area (Å²) in [5, 5.41) is 2.93. The van der Waals surface area contributed by atoms with Gasteiger partial charge in [0.1, 0.15) is 18.4 Å². The number of amides is 2. The summed E-state index contributed by atoms with van der Waals surface area (Å²) in [6, 6.07) is 18.2. The Hall–Kier alpha value is -3.72. The van der Waals surface area contributed by atoms with Crippen LogP contribution in [0.3, 0.4) is 0 Å². The van der Waals surface area contributed by atoms with Gasteiger partial charge in [0.2, 0.25) is 11.8 Å². The minimum absolute atomic E-state index is 0.00136. The van der Waals surface area contributed by atoms with Crippen molar-refractivity contribution >= 4 is 27.5 Å². The third-order valence-electron chi connectivity index (χ3n) is 6.42. The van der Waals surface area contributed by atoms with Crippen LogP contribution in [0.2, 0.25) is 0 Å². The maximum absolute atomic E-state index is 14.1. The highest BCUT2D eigenvalue weighted by molar-refractivity contribution is 7.92. The van der Waals surface area contributed by atoms with Crippen LogP contribution in [0.5, 0.6) is 0 Å². The summed E-state index contributed by atoms with van der Waals surface area (Å²) in [5.74, 6) is -1.33. The second-order valence-corrected chi connectivity index (χ2v) is 12.8. The largest absolute Gasteiger partial charge is 0.350 e. The fourth-order valence-electron chi connectivity index (χ4n) is 4.35. The van der Waals surface area contributed by atoms with Crippen molar-refractivity contribution in [1.82, 2.24) is 10.2 Å². The molecule has 0 saturated carbocycles. The van der Waals surface area contributed by atoms with Gasteiger partial charge in [0, 0.05) is 12.1 Å². The molecule has 1 unspecified atom stereocenters. The van der Waals surface area contributed by atoms with Crippen LogP contribution in [-0.4, -0.2) is 43.3 Å². The van der Waals surface area contributed by atoms with E-state index in [1.54, 1.807) is 62.4 Å². The van der Waals surface area contributed by atoms with Gasteiger partial charge in [-0.2, -0.15) is 0 Å². The molecule has 0 aliphatic carbocycles. The predicted octanol–water partition coefficient (Wildman–Crippen LogP) is 5.36. The summed E-state index contributed by atoms with van der Waals surface area (Å²) in [5.41, 5.74) is 2.01. The average Bonchev–Trinajstić information content (AvgIpc) is 2.88. The van der Waals surface area contributed by atoms with Gasteiger partial charge in [-0.25, -0.2) is 12.8 Å². The van der Waals surface area contributed by atoms with E-state index in [4.69, 9.17) is 0 Å². The molecule has 1 N–H and O–H groups in total. The van der Waals surface area contributed by atoms with Crippen molar-refractivity contribution in [3.8, 4) is 0 Å². The molecule has 0 bridgehead atoms. The number of hydrogen-bond acceptors (Lipinski definition) is 4. The van der Waals surface area contributed by atoms with Gasteiger partial charge < -0.3 is 10.2 Å². The lowest BCUT2D eigenvalue weighted by Crippen LogP contribution is -2.55. The van der Waals surface area contributed by atoms with Gasteiger partial charge in [-0.05, 0) is 82.5 Å². The van der Waals surface area contributed by atoms with Crippen molar-refractivity contribution in [3.63, 3.8) is 0 Å². The Balaban J connectivity index is 2.08. The first kappa shape index (κ1) is 30.8. The lowest BCUT2D eigenvalue weighted by molar-refractivity contribution is -0.141. The molecule has 3 aromatic rings. The van der Waals surface area contributed by atoms with E-state index in [-0.39, 0.29) is 17.3 Å². The predicted molar refractivity (Wildman–Crippen MR) is 156 cm³/mol. The summed E-state index contributed by atoms with van der Waals surface area (Å²) in [7, 11) is -4.15. The number of anilines is 1. The van der Waals surface area contributed by atoms with Gasteiger partial charge >= 0.3 is 0 Å². The SMILES string of the molecule is CCC(C(=O)NC(C)(C)C)N(Cc1ccc(F)cc1)C(=O)CN(c1ccccc1C)S(=O)(=O)c1ccc(C)cc1. The van der Waals surface area contributed by atoms with E-state index in [2.05, 4.69) is 5.32 Å². The van der Waals surface area contributed by atoms with Gasteiger partial charge in [-0.3, -0.25) is 13.9 Å². The maximum atomic E-state index is 14.1. The zero-order valence-corrected chi connectivity index (χ0v) is 24.8. The minimum Gasteiger partial charge on any atom is -0.350 e. The first-order valence-electron chi connectivity index (χ1n) is 13.2. The first-order chi connectivity index (χ1) is 18.7. The Morgan fingerprint density at radius 1 is 0.925 bits per heavy atom. The number of hydrogen-bond donors (Lipinski definition) is 1. The lowest BCUT2D eigenvalue weighted by Gasteiger charge is -2.35. The van der Waals surface area contributed by atoms with E-state index >= 15 is 0 Å². The second-order valence-electron chi connectivity index (χ2n) is 10.9. The van der Waals surface area contributed by atoms with Gasteiger partial charge in [0.15, 0.2) is 0 Å². The highest BCUT2D eigenvalue weighted by atomic mass is 32.2. The standard InChI is InChI=1S/C31H38FN3O4S/c1-7-27(30(37)33-31(4,5)6)34(20-24-14-16-25(32)17-15-24)29(36)21-35(28-11-9-8-10-23(28)3)40(38,39)26-18-12-22(2)13-19-26/h8-19,27H,7,20-21H2,1-6H3,(H,33,37). The van der Waals surface area contributed by atoms with Crippen molar-refractivity contribution in [2.75, 3.05) is 10.8 Å². The van der Waals surface area contributed by atoms with Crippen molar-refractivity contribution in [3.05, 3.63) is 95.3 Å². The maximum Gasteiger partial charge on any atom is 0.264 e. The van der Waals surface area contributed by atoms with Crippen LogP contribution >= 0.6 is 0 Å². The Labute approximate surface area is 237 Å². The van der Waals surface area contributed by atoms with Crippen molar-refractivity contribution < 1.29 is 22.4 Å². The number of para-hydroxylation sites is 1. The number of sulfonamides is 1. The fraction of sp³-hybridized carbons (Fsp3) is 0.355. The Bertz CT molecular complexity index is 1430. The van der Waals surface area contributed by atoms with Crippen molar-refractivity contribution in [1.29, 1.82) is 0 Å². The summed E-state index contributed by atoms with van der Waals surface area (Å²) < 4.78 is 42.6. The zero-order valence-electron chi connectivity index (χ0n) is 23.9. The molecule has 3 aromatic carbocycles. The molecule has 40 heavy (non-hydrogen) atoms. The van der Waals surface area contributed by atoms with E-state index in [1.165, 1.54) is 29.2 Å². The quantitative estimate of drug-likeness (QED) is 0.357. The molecular formula is C31H38FN3O4S. The van der Waals surface area contributed by atoms with Crippen LogP contribution in [0.1, 0.15) is 50.8 Å². The van der Waals surface area contributed by atoms with E-state index in [1.807, 2.05) is 27.7 Å². The number of aryl methyl sites for hydroxylation is 2. The molecule has 214 valence electrons. The number of nitrogens with zero attached hydrogens (tertiary/aromatic N) is 2. The Morgan fingerprint density at radius 3 is 2.08 bits per heavy atom. The number of halogens is 1. The van der Waals surface area contributed by atoms with Crippen LogP contribution < -0.4 is 9.62 Å². The molecule has 0 aliphatic rings. The molecule has 0 aromatic heterocycles. The van der Waals surface area contributed by atoms with Crippen LogP contribution in [0.25, 0.3) is 0 Å². The molecule has 0 heterocycles. The van der Waals surface area contributed by atoms with Gasteiger partial charge in [0.25, 0.3) is 10.0 Å². The minimum atomic E-state index is -4.15. The number of carbonyl (C=O) groups is 2. The van der Waals surface area contributed by atoms with Gasteiger partial charge in [0.05, 0.1) is 10.6 Å². The van der Waals surface area contributed by atoms with E-state index in [0.29, 0.717) is 23.2 Å². The van der Waals surface area contributed by atoms with Crippen LogP contribution in [0, 0.1) is 19.7 Å². The summed E-state index contributed by atoms with van der Waals surface area (Å²) in [6.45, 7) is 10.4. The molecule has 0 fully saturated rings. The summed E-state index contributed by atoms with van der Waals surface area (Å²) in [4.78, 5) is 28.9. The molecule has 7 nitrogen and oxygen atoms in total. The topological polar surface area (TPSA) is 86.8 Å². The monoisotopic (exact) mass is 567 g/mol. The highest BCUT2D eigenvalue weighted by Gasteiger charge is 2.35. The van der Waals surface area contributed by atoms with E-state index in [0.717, 1.165) is 9.87 Å². The van der Waals surface area contributed by atoms with E-state index < -0.39 is 39.9 Å². The highest BCUT2D eigenvalue weighted by Crippen LogP contribution is 2.28. The smallest absolute Gasteiger partial charge is 0.264 e. The second kappa shape index (κ2) is 12.6. The third-order valence-corrected chi connectivity index (χ3v) is 8.20. The normalized spacial score (nSPS) is 12.5. The van der Waals surface area contributed by atoms with Crippen LogP contribution in [0.4, 0.5) is 10.1 Å². The van der Waals surface area contributed by atoms with Crippen molar-refractivity contribution in [2.45, 2.75) is 71.0 Å². The average molecular weight is 568 g/mol. The van der Waals surface area contributed by atoms with Crippen LogP contribution in [-0.2, 0) is 26.2 Å². The van der Waals surface area contributed by atoms with Gasteiger partial charge in [-0.15, -0.1) is 0 Å². The molecule has 2 amide bonds. The number of carbonyl (C=O) groups excluding carboxylic acids is 2. The molecule has 0 saturated heterocycles. The number of benzene rings is 3. The molecule has 9 heteroatoms. The summed E-state index contributed by atoms with van der Waals surface area (Å²) >= 11 is 0. The molecule has 0 spiro atoms. The number of rotatable bonds is 10. The molecule has 1 atom stereocenters. The fourth-order valence-corrected chi connectivity index (χ4v) is 5.83. The molecular weight excluding hydrogens is 529 g/mol. The molecule has 3 rings (SSSR count). The van der Waals surface area contributed by atoms with Crippen LogP contribution in [0.15, 0.2) is 77.7 Å². The zero-order chi connectivity index (χ0) is 29.7. The lowest BCUT2D eigenvalue weighted by atomic mass is 10.1. The Kier molecular flexibility index (Phi) is 9.73. The molecule has 0 radical (unpaired) electrons. The van der Waals surface area contributed by atoms with Crippen molar-refractivity contribution in [2.24, 2.45) is 0 Å².